The van der Waals surface area contributed by atoms with Crippen LogP contribution in [-0.4, -0.2) is 0 Å². The summed E-state index contributed by atoms with van der Waals surface area (Å²) in [7, 11) is 0. The zero-order chi connectivity index (χ0) is 14.8. The van der Waals surface area contributed by atoms with E-state index in [9.17, 15) is 8.78 Å². The molecule has 2 nitrogen and oxygen atoms in total. The first-order valence-electron chi connectivity index (χ1n) is 6.59. The minimum absolute atomic E-state index is 0.188. The third kappa shape index (κ3) is 2.51. The lowest BCUT2D eigenvalue weighted by Crippen LogP contribution is -2.29. The highest BCUT2D eigenvalue weighted by Gasteiger charge is 2.19. The van der Waals surface area contributed by atoms with E-state index in [0.717, 1.165) is 22.4 Å². The molecule has 0 saturated carbocycles. The quantitative estimate of drug-likeness (QED) is 0.569. The molecule has 0 bridgehead atoms. The monoisotopic (exact) mass is 284 g/mol. The van der Waals surface area contributed by atoms with Crippen molar-refractivity contribution in [2.24, 2.45) is 5.84 Å². The third-order valence-electron chi connectivity index (χ3n) is 3.57. The highest BCUT2D eigenvalue weighted by atomic mass is 19.2. The van der Waals surface area contributed by atoms with Gasteiger partial charge >= 0.3 is 0 Å². The van der Waals surface area contributed by atoms with Crippen molar-refractivity contribution < 1.29 is 8.78 Å². The SMILES string of the molecule is NNC(c1ccc2ccccc2c1)c1cccc(F)c1F. The molecule has 0 aliphatic heterocycles. The molecule has 0 amide bonds. The maximum atomic E-state index is 14.0. The molecular weight excluding hydrogens is 270 g/mol. The number of fused-ring (bicyclic) bond motifs is 1. The molecule has 0 fully saturated rings. The second-order valence-electron chi connectivity index (χ2n) is 4.85. The highest BCUT2D eigenvalue weighted by Crippen LogP contribution is 2.27. The van der Waals surface area contributed by atoms with Crippen molar-refractivity contribution in [3.05, 3.63) is 83.4 Å². The Labute approximate surface area is 121 Å². The van der Waals surface area contributed by atoms with E-state index in [-0.39, 0.29) is 5.56 Å². The van der Waals surface area contributed by atoms with Crippen molar-refractivity contribution in [2.45, 2.75) is 6.04 Å². The van der Waals surface area contributed by atoms with E-state index in [1.807, 2.05) is 42.5 Å². The summed E-state index contributed by atoms with van der Waals surface area (Å²) in [6.45, 7) is 0. The van der Waals surface area contributed by atoms with E-state index in [0.29, 0.717) is 0 Å². The van der Waals surface area contributed by atoms with Crippen molar-refractivity contribution in [3.63, 3.8) is 0 Å². The predicted molar refractivity (Wildman–Crippen MR) is 79.5 cm³/mol. The van der Waals surface area contributed by atoms with Crippen LogP contribution in [-0.2, 0) is 0 Å². The molecule has 1 unspecified atom stereocenters. The van der Waals surface area contributed by atoms with Crippen LogP contribution in [0.3, 0.4) is 0 Å². The van der Waals surface area contributed by atoms with Gasteiger partial charge in [-0.05, 0) is 28.5 Å². The van der Waals surface area contributed by atoms with Crippen LogP contribution < -0.4 is 11.3 Å². The van der Waals surface area contributed by atoms with Gasteiger partial charge in [0.15, 0.2) is 11.6 Å². The number of hydrogen-bond donors (Lipinski definition) is 2. The van der Waals surface area contributed by atoms with E-state index in [1.54, 1.807) is 0 Å². The number of hydrogen-bond acceptors (Lipinski definition) is 2. The standard InChI is InChI=1S/C17H14F2N2/c18-15-7-3-6-14(16(15)19)17(21-20)13-9-8-11-4-1-2-5-12(11)10-13/h1-10,17,21H,20H2. The van der Waals surface area contributed by atoms with Crippen molar-refractivity contribution in [1.29, 1.82) is 0 Å². The fraction of sp³-hybridized carbons (Fsp3) is 0.0588. The van der Waals surface area contributed by atoms with Gasteiger partial charge in [0.1, 0.15) is 0 Å². The van der Waals surface area contributed by atoms with Crippen LogP contribution in [0.4, 0.5) is 8.78 Å². The summed E-state index contributed by atoms with van der Waals surface area (Å²) in [5.41, 5.74) is 3.53. The molecule has 3 aromatic carbocycles. The Morgan fingerprint density at radius 2 is 1.62 bits per heavy atom. The van der Waals surface area contributed by atoms with Crippen molar-refractivity contribution >= 4 is 10.8 Å². The van der Waals surface area contributed by atoms with Crippen molar-refractivity contribution in [1.82, 2.24) is 5.43 Å². The van der Waals surface area contributed by atoms with Gasteiger partial charge in [0, 0.05) is 5.56 Å². The molecule has 106 valence electrons. The molecule has 0 radical (unpaired) electrons. The summed E-state index contributed by atoms with van der Waals surface area (Å²) in [4.78, 5) is 0. The highest BCUT2D eigenvalue weighted by molar-refractivity contribution is 5.83. The molecule has 0 aliphatic rings. The minimum atomic E-state index is -0.881. The lowest BCUT2D eigenvalue weighted by atomic mass is 9.96. The van der Waals surface area contributed by atoms with Gasteiger partial charge in [-0.3, -0.25) is 5.84 Å². The van der Waals surface area contributed by atoms with Gasteiger partial charge in [-0.15, -0.1) is 0 Å². The van der Waals surface area contributed by atoms with Gasteiger partial charge in [-0.25, -0.2) is 14.2 Å². The number of benzene rings is 3. The predicted octanol–water partition coefficient (Wildman–Crippen LogP) is 3.67. The largest absolute Gasteiger partial charge is 0.271 e. The minimum Gasteiger partial charge on any atom is -0.271 e. The second kappa shape index (κ2) is 5.60. The average molecular weight is 284 g/mol. The van der Waals surface area contributed by atoms with E-state index < -0.39 is 17.7 Å². The molecule has 3 N–H and O–H groups in total. The molecule has 3 rings (SSSR count). The fourth-order valence-electron chi connectivity index (χ4n) is 2.50. The molecule has 21 heavy (non-hydrogen) atoms. The second-order valence-corrected chi connectivity index (χ2v) is 4.85. The van der Waals surface area contributed by atoms with Crippen LogP contribution in [0.1, 0.15) is 17.2 Å². The average Bonchev–Trinajstić information content (AvgIpc) is 2.52. The fourth-order valence-corrected chi connectivity index (χ4v) is 2.50. The number of nitrogens with two attached hydrogens (primary N) is 1. The summed E-state index contributed by atoms with van der Waals surface area (Å²) in [6.07, 6.45) is 0. The first-order valence-corrected chi connectivity index (χ1v) is 6.59. The number of rotatable bonds is 3. The summed E-state index contributed by atoms with van der Waals surface area (Å²) in [5.74, 6) is 3.80. The van der Waals surface area contributed by atoms with Crippen LogP contribution >= 0.6 is 0 Å². The van der Waals surface area contributed by atoms with E-state index in [1.165, 1.54) is 12.1 Å². The van der Waals surface area contributed by atoms with Gasteiger partial charge in [-0.1, -0.05) is 48.5 Å². The summed E-state index contributed by atoms with van der Waals surface area (Å²) in [6, 6.07) is 17.0. The summed E-state index contributed by atoms with van der Waals surface area (Å²) in [5, 5.41) is 2.10. The first kappa shape index (κ1) is 13.7. The molecule has 0 spiro atoms. The Balaban J connectivity index is 2.11. The Morgan fingerprint density at radius 3 is 2.38 bits per heavy atom. The molecule has 0 aliphatic carbocycles. The summed E-state index contributed by atoms with van der Waals surface area (Å²) < 4.78 is 27.4. The normalized spacial score (nSPS) is 12.5. The molecular formula is C17H14F2N2. The molecule has 1 atom stereocenters. The van der Waals surface area contributed by atoms with Gasteiger partial charge in [0.2, 0.25) is 0 Å². The van der Waals surface area contributed by atoms with Crippen molar-refractivity contribution in [3.8, 4) is 0 Å². The smallest absolute Gasteiger partial charge is 0.163 e. The molecule has 4 heteroatoms. The number of halogens is 2. The van der Waals surface area contributed by atoms with Crippen LogP contribution in [0.5, 0.6) is 0 Å². The van der Waals surface area contributed by atoms with Gasteiger partial charge in [0.05, 0.1) is 6.04 Å². The Bertz CT molecular complexity index is 787. The first-order chi connectivity index (χ1) is 10.2. The van der Waals surface area contributed by atoms with Crippen molar-refractivity contribution in [2.75, 3.05) is 0 Å². The zero-order valence-electron chi connectivity index (χ0n) is 11.2. The molecule has 0 aromatic heterocycles. The number of hydrazine groups is 1. The maximum Gasteiger partial charge on any atom is 0.163 e. The third-order valence-corrected chi connectivity index (χ3v) is 3.57. The lowest BCUT2D eigenvalue weighted by Gasteiger charge is -2.18. The van der Waals surface area contributed by atoms with Crippen LogP contribution in [0.15, 0.2) is 60.7 Å². The molecule has 3 aromatic rings. The Kier molecular flexibility index (Phi) is 3.64. The Morgan fingerprint density at radius 1 is 0.857 bits per heavy atom. The van der Waals surface area contributed by atoms with E-state index in [2.05, 4.69) is 5.43 Å². The van der Waals surface area contributed by atoms with Crippen LogP contribution in [0.25, 0.3) is 10.8 Å². The van der Waals surface area contributed by atoms with E-state index in [4.69, 9.17) is 5.84 Å². The van der Waals surface area contributed by atoms with Crippen LogP contribution in [0, 0.1) is 11.6 Å². The lowest BCUT2D eigenvalue weighted by molar-refractivity contribution is 0.483. The number of nitrogens with one attached hydrogen (secondary N) is 1. The van der Waals surface area contributed by atoms with Gasteiger partial charge in [0.25, 0.3) is 0 Å². The molecule has 0 saturated heterocycles. The van der Waals surface area contributed by atoms with Gasteiger partial charge in [-0.2, -0.15) is 0 Å². The zero-order valence-corrected chi connectivity index (χ0v) is 11.2. The Hall–Kier alpha value is -2.30. The summed E-state index contributed by atoms with van der Waals surface area (Å²) >= 11 is 0. The van der Waals surface area contributed by atoms with E-state index >= 15 is 0 Å². The van der Waals surface area contributed by atoms with Gasteiger partial charge < -0.3 is 0 Å². The topological polar surface area (TPSA) is 38.0 Å². The maximum absolute atomic E-state index is 14.0. The van der Waals surface area contributed by atoms with Crippen LogP contribution in [0.2, 0.25) is 0 Å². The molecule has 0 heterocycles.